The Morgan fingerprint density at radius 1 is 1.15 bits per heavy atom. The van der Waals surface area contributed by atoms with Gasteiger partial charge in [0.15, 0.2) is 5.78 Å². The molecule has 0 aromatic rings. The van der Waals surface area contributed by atoms with Crippen molar-refractivity contribution in [3.05, 3.63) is 0 Å². The van der Waals surface area contributed by atoms with Crippen molar-refractivity contribution in [1.29, 1.82) is 0 Å². The van der Waals surface area contributed by atoms with E-state index < -0.39 is 5.54 Å². The number of hydrazine groups is 1. The number of carbonyl (C=O) groups excluding carboxylic acids is 1. The van der Waals surface area contributed by atoms with Gasteiger partial charge in [0.05, 0.1) is 5.54 Å². The van der Waals surface area contributed by atoms with Crippen LogP contribution >= 0.6 is 0 Å². The van der Waals surface area contributed by atoms with Crippen LogP contribution in [-0.2, 0) is 4.79 Å². The smallest absolute Gasteiger partial charge is 0.150 e. The van der Waals surface area contributed by atoms with E-state index in [0.717, 1.165) is 5.92 Å². The van der Waals surface area contributed by atoms with Gasteiger partial charge in [0, 0.05) is 0 Å². The predicted molar refractivity (Wildman–Crippen MR) is 90.7 cm³/mol. The molecule has 0 atom stereocenters. The Labute approximate surface area is 127 Å². The maximum Gasteiger partial charge on any atom is 0.150 e. The van der Waals surface area contributed by atoms with Crippen molar-refractivity contribution in [3.63, 3.8) is 0 Å². The zero-order chi connectivity index (χ0) is 16.8. The molecule has 0 saturated carbocycles. The lowest BCUT2D eigenvalue weighted by Gasteiger charge is -2.26. The van der Waals surface area contributed by atoms with E-state index >= 15 is 0 Å². The van der Waals surface area contributed by atoms with Crippen LogP contribution < -0.4 is 11.3 Å². The number of carbonyl (C=O) groups is 1. The summed E-state index contributed by atoms with van der Waals surface area (Å²) >= 11 is 0. The summed E-state index contributed by atoms with van der Waals surface area (Å²) in [5.74, 6) is 6.06. The highest BCUT2D eigenvalue weighted by Crippen LogP contribution is 2.13. The van der Waals surface area contributed by atoms with Crippen LogP contribution in [0, 0.1) is 5.92 Å². The van der Waals surface area contributed by atoms with Gasteiger partial charge < -0.3 is 4.90 Å². The number of nitrogens with one attached hydrogen (secondary N) is 1. The quantitative estimate of drug-likeness (QED) is 0.605. The molecule has 4 nitrogen and oxygen atoms in total. The average Bonchev–Trinajstić information content (AvgIpc) is 2.47. The summed E-state index contributed by atoms with van der Waals surface area (Å²) in [5.41, 5.74) is 1.82. The third kappa shape index (κ3) is 14.0. The summed E-state index contributed by atoms with van der Waals surface area (Å²) in [6, 6.07) is 0. The van der Waals surface area contributed by atoms with Gasteiger partial charge in [0.2, 0.25) is 0 Å². The predicted octanol–water partition coefficient (Wildman–Crippen LogP) is 3.22. The monoisotopic (exact) mass is 289 g/mol. The first kappa shape index (κ1) is 24.6. The summed E-state index contributed by atoms with van der Waals surface area (Å²) in [5, 5.41) is 0. The molecular formula is C16H39N3O. The first-order valence-electron chi connectivity index (χ1n) is 7.97. The Morgan fingerprint density at radius 2 is 1.50 bits per heavy atom. The van der Waals surface area contributed by atoms with Crippen molar-refractivity contribution < 1.29 is 4.79 Å². The fourth-order valence-electron chi connectivity index (χ4n) is 1.24. The topological polar surface area (TPSA) is 58.4 Å². The van der Waals surface area contributed by atoms with E-state index in [4.69, 9.17) is 5.84 Å². The maximum absolute atomic E-state index is 10.6. The largest absolute Gasteiger partial charge is 0.306 e. The molecule has 0 amide bonds. The first-order valence-corrected chi connectivity index (χ1v) is 7.97. The number of rotatable bonds is 2. The molecule has 20 heavy (non-hydrogen) atoms. The van der Waals surface area contributed by atoms with Gasteiger partial charge in [0.1, 0.15) is 0 Å². The summed E-state index contributed by atoms with van der Waals surface area (Å²) in [4.78, 5) is 13.0. The van der Waals surface area contributed by atoms with Crippen molar-refractivity contribution in [2.24, 2.45) is 11.8 Å². The van der Waals surface area contributed by atoms with Crippen molar-refractivity contribution in [2.75, 3.05) is 20.1 Å². The van der Waals surface area contributed by atoms with Crippen LogP contribution in [0.15, 0.2) is 0 Å². The molecule has 1 saturated heterocycles. The lowest BCUT2D eigenvalue weighted by molar-refractivity contribution is -0.122. The lowest BCUT2D eigenvalue weighted by Crippen LogP contribution is -2.49. The highest BCUT2D eigenvalue weighted by molar-refractivity contribution is 5.84. The number of nitrogens with zero attached hydrogens (tertiary/aromatic N) is 1. The van der Waals surface area contributed by atoms with Gasteiger partial charge in [-0.25, -0.2) is 5.43 Å². The van der Waals surface area contributed by atoms with Crippen LogP contribution in [0.2, 0.25) is 0 Å². The number of ketones is 1. The van der Waals surface area contributed by atoms with Crippen molar-refractivity contribution in [1.82, 2.24) is 10.3 Å². The zero-order valence-corrected chi connectivity index (χ0v) is 15.3. The zero-order valence-electron chi connectivity index (χ0n) is 15.3. The number of nitrogens with two attached hydrogens (primary N) is 1. The molecule has 0 radical (unpaired) electrons. The van der Waals surface area contributed by atoms with Gasteiger partial charge in [-0.1, -0.05) is 34.6 Å². The lowest BCUT2D eigenvalue weighted by atomic mass is 10.00. The summed E-state index contributed by atoms with van der Waals surface area (Å²) < 4.78 is 0. The third-order valence-corrected chi connectivity index (χ3v) is 3.25. The molecule has 0 aromatic heterocycles. The van der Waals surface area contributed by atoms with Crippen LogP contribution in [0.1, 0.15) is 68.2 Å². The van der Waals surface area contributed by atoms with Crippen molar-refractivity contribution in [2.45, 2.75) is 73.8 Å². The van der Waals surface area contributed by atoms with Gasteiger partial charge in [-0.05, 0) is 59.7 Å². The Hall–Kier alpha value is -0.450. The molecule has 1 aliphatic heterocycles. The number of hydrogen-bond donors (Lipinski definition) is 2. The molecule has 0 spiro atoms. The standard InChI is InChI=1S/C7H15N.C5H12N2O.2C2H6/c1-7-3-5-8(2)6-4-7;1-4(8)5(2,3)7-6;2*1-2/h7H,3-6H2,1-2H3;7H,6H2,1-3H3;2*1-2H3. The van der Waals surface area contributed by atoms with Crippen LogP contribution in [0.5, 0.6) is 0 Å². The normalized spacial score (nSPS) is 15.7. The van der Waals surface area contributed by atoms with Crippen molar-refractivity contribution in [3.8, 4) is 0 Å². The van der Waals surface area contributed by atoms with E-state index in [0.29, 0.717) is 0 Å². The third-order valence-electron chi connectivity index (χ3n) is 3.25. The molecule has 124 valence electrons. The van der Waals surface area contributed by atoms with E-state index in [1.165, 1.54) is 32.9 Å². The Morgan fingerprint density at radius 3 is 1.65 bits per heavy atom. The Kier molecular flexibility index (Phi) is 18.4. The molecule has 0 unspecified atom stereocenters. The van der Waals surface area contributed by atoms with E-state index in [1.807, 2.05) is 27.7 Å². The first-order chi connectivity index (χ1) is 9.29. The maximum atomic E-state index is 10.6. The van der Waals surface area contributed by atoms with Crippen molar-refractivity contribution >= 4 is 5.78 Å². The second-order valence-electron chi connectivity index (χ2n) is 5.31. The summed E-state index contributed by atoms with van der Waals surface area (Å²) in [6.45, 7) is 17.9. The van der Waals surface area contributed by atoms with Gasteiger partial charge in [-0.2, -0.15) is 0 Å². The molecule has 1 aliphatic rings. The van der Waals surface area contributed by atoms with E-state index in [2.05, 4.69) is 24.3 Å². The second-order valence-corrected chi connectivity index (χ2v) is 5.31. The average molecular weight is 290 g/mol. The minimum absolute atomic E-state index is 0.0417. The van der Waals surface area contributed by atoms with Gasteiger partial charge in [0.25, 0.3) is 0 Å². The van der Waals surface area contributed by atoms with Crippen LogP contribution in [0.4, 0.5) is 0 Å². The minimum Gasteiger partial charge on any atom is -0.306 e. The minimum atomic E-state index is -0.569. The highest BCUT2D eigenvalue weighted by atomic mass is 16.1. The van der Waals surface area contributed by atoms with Crippen LogP contribution in [0.25, 0.3) is 0 Å². The highest BCUT2D eigenvalue weighted by Gasteiger charge is 2.20. The number of Topliss-reactive ketones (excluding diaryl/α,β-unsaturated/α-hetero) is 1. The summed E-state index contributed by atoms with van der Waals surface area (Å²) in [6.07, 6.45) is 2.80. The molecule has 1 fully saturated rings. The van der Waals surface area contributed by atoms with Crippen LogP contribution in [-0.4, -0.2) is 36.4 Å². The number of likely N-dealkylation sites (tertiary alicyclic amines) is 1. The van der Waals surface area contributed by atoms with E-state index in [1.54, 1.807) is 13.8 Å². The molecule has 0 bridgehead atoms. The number of piperidine rings is 1. The molecule has 0 aliphatic carbocycles. The molecule has 3 N–H and O–H groups in total. The molecule has 0 aromatic carbocycles. The molecule has 1 rings (SSSR count). The fourth-order valence-corrected chi connectivity index (χ4v) is 1.24. The molecule has 1 heterocycles. The second kappa shape index (κ2) is 14.9. The van der Waals surface area contributed by atoms with E-state index in [9.17, 15) is 4.79 Å². The SMILES string of the molecule is CC.CC.CC(=O)C(C)(C)NN.CC1CCN(C)CC1. The Bertz CT molecular complexity index is 200. The van der Waals surface area contributed by atoms with Gasteiger partial charge in [-0.3, -0.25) is 10.6 Å². The number of hydrogen-bond acceptors (Lipinski definition) is 4. The van der Waals surface area contributed by atoms with Gasteiger partial charge in [-0.15, -0.1) is 0 Å². The van der Waals surface area contributed by atoms with E-state index in [-0.39, 0.29) is 5.78 Å². The van der Waals surface area contributed by atoms with Crippen LogP contribution in [0.3, 0.4) is 0 Å². The van der Waals surface area contributed by atoms with Gasteiger partial charge >= 0.3 is 0 Å². The summed E-state index contributed by atoms with van der Waals surface area (Å²) in [7, 11) is 2.20. The Balaban J connectivity index is -0.000000231. The molecule has 4 heteroatoms. The molecular weight excluding hydrogens is 250 g/mol. The fraction of sp³-hybridized carbons (Fsp3) is 0.938.